The summed E-state index contributed by atoms with van der Waals surface area (Å²) >= 11 is 1.16. The van der Waals surface area contributed by atoms with Gasteiger partial charge in [-0.05, 0) is 32.3 Å². The number of ether oxygens (including phenoxy) is 1. The van der Waals surface area contributed by atoms with E-state index in [1.54, 1.807) is 11.8 Å². The highest BCUT2D eigenvalue weighted by atomic mass is 32.1. The average molecular weight is 312 g/mol. The number of rotatable bonds is 6. The predicted octanol–water partition coefficient (Wildman–Crippen LogP) is 2.93. The Balaban J connectivity index is 3.05. The first-order chi connectivity index (χ1) is 9.83. The summed E-state index contributed by atoms with van der Waals surface area (Å²) in [6.45, 7) is 11.1. The van der Waals surface area contributed by atoms with E-state index in [1.165, 1.54) is 0 Å². The van der Waals surface area contributed by atoms with E-state index in [2.05, 4.69) is 0 Å². The monoisotopic (exact) mass is 312 g/mol. The lowest BCUT2D eigenvalue weighted by Gasteiger charge is -2.18. The standard InChI is InChI=1S/C15H24N2O3S/c1-6-17(7-2)14(18)12-10(5)11(13(16)21-12)15(19)20-8-9(3)4/h9H,6-8,16H2,1-5H3. The van der Waals surface area contributed by atoms with Gasteiger partial charge in [0.1, 0.15) is 5.00 Å². The molecule has 1 rings (SSSR count). The Kier molecular flexibility index (Phi) is 6.20. The van der Waals surface area contributed by atoms with E-state index in [4.69, 9.17) is 10.5 Å². The van der Waals surface area contributed by atoms with Crippen LogP contribution in [0.2, 0.25) is 0 Å². The Morgan fingerprint density at radius 3 is 2.33 bits per heavy atom. The number of carbonyl (C=O) groups excluding carboxylic acids is 2. The number of hydrogen-bond acceptors (Lipinski definition) is 5. The molecule has 0 saturated heterocycles. The maximum Gasteiger partial charge on any atom is 0.341 e. The molecule has 1 amide bonds. The molecule has 0 aliphatic rings. The summed E-state index contributed by atoms with van der Waals surface area (Å²) < 4.78 is 5.22. The first-order valence-corrected chi connectivity index (χ1v) is 8.00. The van der Waals surface area contributed by atoms with E-state index in [0.717, 1.165) is 11.3 Å². The summed E-state index contributed by atoms with van der Waals surface area (Å²) in [6.07, 6.45) is 0. The molecule has 1 heterocycles. The van der Waals surface area contributed by atoms with Crippen LogP contribution in [0.1, 0.15) is 53.3 Å². The van der Waals surface area contributed by atoms with Gasteiger partial charge in [0, 0.05) is 13.1 Å². The minimum atomic E-state index is -0.450. The zero-order valence-electron chi connectivity index (χ0n) is 13.4. The van der Waals surface area contributed by atoms with Gasteiger partial charge in [-0.2, -0.15) is 0 Å². The Morgan fingerprint density at radius 1 is 1.29 bits per heavy atom. The predicted molar refractivity (Wildman–Crippen MR) is 85.8 cm³/mol. The molecular formula is C15H24N2O3S. The van der Waals surface area contributed by atoms with E-state index >= 15 is 0 Å². The smallest absolute Gasteiger partial charge is 0.341 e. The summed E-state index contributed by atoms with van der Waals surface area (Å²) in [6, 6.07) is 0. The van der Waals surface area contributed by atoms with E-state index in [0.29, 0.717) is 40.7 Å². The molecule has 0 fully saturated rings. The zero-order valence-corrected chi connectivity index (χ0v) is 14.2. The second-order valence-corrected chi connectivity index (χ2v) is 6.32. The van der Waals surface area contributed by atoms with Gasteiger partial charge in [0.15, 0.2) is 0 Å². The van der Waals surface area contributed by atoms with Gasteiger partial charge in [-0.25, -0.2) is 4.79 Å². The van der Waals surface area contributed by atoms with Crippen LogP contribution in [0.4, 0.5) is 5.00 Å². The molecule has 0 aliphatic heterocycles. The van der Waals surface area contributed by atoms with Gasteiger partial charge in [0.25, 0.3) is 5.91 Å². The van der Waals surface area contributed by atoms with Crippen molar-refractivity contribution in [2.24, 2.45) is 5.92 Å². The Labute approximate surface area is 130 Å². The number of carbonyl (C=O) groups is 2. The van der Waals surface area contributed by atoms with Gasteiger partial charge < -0.3 is 15.4 Å². The molecule has 0 bridgehead atoms. The van der Waals surface area contributed by atoms with Crippen LogP contribution in [0, 0.1) is 12.8 Å². The molecule has 1 aromatic rings. The van der Waals surface area contributed by atoms with Crippen molar-refractivity contribution >= 4 is 28.2 Å². The summed E-state index contributed by atoms with van der Waals surface area (Å²) in [5.74, 6) is -0.281. The molecule has 118 valence electrons. The molecule has 0 aliphatic carbocycles. The van der Waals surface area contributed by atoms with E-state index in [9.17, 15) is 9.59 Å². The lowest BCUT2D eigenvalue weighted by atomic mass is 10.1. The largest absolute Gasteiger partial charge is 0.462 e. The maximum atomic E-state index is 12.4. The van der Waals surface area contributed by atoms with Crippen LogP contribution in [0.5, 0.6) is 0 Å². The van der Waals surface area contributed by atoms with E-state index in [-0.39, 0.29) is 11.8 Å². The fourth-order valence-electron chi connectivity index (χ4n) is 1.96. The number of nitrogens with zero attached hydrogens (tertiary/aromatic N) is 1. The average Bonchev–Trinajstić information content (AvgIpc) is 2.72. The second-order valence-electron chi connectivity index (χ2n) is 5.27. The Hall–Kier alpha value is -1.56. The molecule has 0 atom stereocenters. The van der Waals surface area contributed by atoms with Crippen molar-refractivity contribution in [2.75, 3.05) is 25.4 Å². The van der Waals surface area contributed by atoms with Gasteiger partial charge in [0.05, 0.1) is 17.0 Å². The van der Waals surface area contributed by atoms with Crippen molar-refractivity contribution in [1.29, 1.82) is 0 Å². The van der Waals surface area contributed by atoms with Crippen LogP contribution >= 0.6 is 11.3 Å². The van der Waals surface area contributed by atoms with Crippen LogP contribution in [0.15, 0.2) is 0 Å². The molecule has 0 unspecified atom stereocenters. The third-order valence-corrected chi connectivity index (χ3v) is 4.28. The summed E-state index contributed by atoms with van der Waals surface area (Å²) in [4.78, 5) is 26.8. The molecule has 5 nitrogen and oxygen atoms in total. The van der Waals surface area contributed by atoms with Gasteiger partial charge in [-0.3, -0.25) is 4.79 Å². The Morgan fingerprint density at radius 2 is 1.86 bits per heavy atom. The minimum absolute atomic E-state index is 0.0860. The first-order valence-electron chi connectivity index (χ1n) is 7.18. The number of anilines is 1. The number of nitrogens with two attached hydrogens (primary N) is 1. The molecule has 2 N–H and O–H groups in total. The molecule has 0 saturated carbocycles. The highest BCUT2D eigenvalue weighted by Crippen LogP contribution is 2.32. The van der Waals surface area contributed by atoms with Crippen molar-refractivity contribution in [1.82, 2.24) is 4.90 Å². The number of esters is 1. The molecule has 0 spiro atoms. The zero-order chi connectivity index (χ0) is 16.2. The van der Waals surface area contributed by atoms with Crippen LogP contribution in [-0.2, 0) is 4.74 Å². The summed E-state index contributed by atoms with van der Waals surface area (Å²) in [5.41, 5.74) is 6.86. The third kappa shape index (κ3) is 3.97. The van der Waals surface area contributed by atoms with Crippen LogP contribution in [-0.4, -0.2) is 36.5 Å². The van der Waals surface area contributed by atoms with Crippen molar-refractivity contribution in [3.8, 4) is 0 Å². The quantitative estimate of drug-likeness (QED) is 0.820. The van der Waals surface area contributed by atoms with E-state index in [1.807, 2.05) is 27.7 Å². The fourth-order valence-corrected chi connectivity index (χ4v) is 2.99. The molecular weight excluding hydrogens is 288 g/mol. The van der Waals surface area contributed by atoms with Crippen LogP contribution in [0.3, 0.4) is 0 Å². The molecule has 1 aromatic heterocycles. The van der Waals surface area contributed by atoms with Gasteiger partial charge in [-0.1, -0.05) is 13.8 Å². The topological polar surface area (TPSA) is 72.6 Å². The maximum absolute atomic E-state index is 12.4. The highest BCUT2D eigenvalue weighted by Gasteiger charge is 2.26. The lowest BCUT2D eigenvalue weighted by molar-refractivity contribution is 0.0460. The number of amides is 1. The molecule has 0 radical (unpaired) electrons. The van der Waals surface area contributed by atoms with Crippen molar-refractivity contribution < 1.29 is 14.3 Å². The lowest BCUT2D eigenvalue weighted by Crippen LogP contribution is -2.30. The highest BCUT2D eigenvalue weighted by molar-refractivity contribution is 7.18. The van der Waals surface area contributed by atoms with Gasteiger partial charge in [-0.15, -0.1) is 11.3 Å². The number of hydrogen-bond donors (Lipinski definition) is 1. The second kappa shape index (κ2) is 7.45. The van der Waals surface area contributed by atoms with Gasteiger partial charge in [0.2, 0.25) is 0 Å². The molecule has 0 aromatic carbocycles. The first kappa shape index (κ1) is 17.5. The summed E-state index contributed by atoms with van der Waals surface area (Å²) in [5, 5.41) is 0.344. The van der Waals surface area contributed by atoms with Crippen molar-refractivity contribution in [3.63, 3.8) is 0 Å². The van der Waals surface area contributed by atoms with Crippen LogP contribution < -0.4 is 5.73 Å². The molecule has 6 heteroatoms. The van der Waals surface area contributed by atoms with Crippen molar-refractivity contribution in [2.45, 2.75) is 34.6 Å². The normalized spacial score (nSPS) is 10.8. The third-order valence-electron chi connectivity index (χ3n) is 3.17. The van der Waals surface area contributed by atoms with E-state index < -0.39 is 5.97 Å². The van der Waals surface area contributed by atoms with Gasteiger partial charge >= 0.3 is 5.97 Å². The summed E-state index contributed by atoms with van der Waals surface area (Å²) in [7, 11) is 0. The van der Waals surface area contributed by atoms with Crippen LogP contribution in [0.25, 0.3) is 0 Å². The SMILES string of the molecule is CCN(CC)C(=O)c1sc(N)c(C(=O)OCC(C)C)c1C. The fraction of sp³-hybridized carbons (Fsp3) is 0.600. The minimum Gasteiger partial charge on any atom is -0.462 e. The number of thiophene rings is 1. The number of nitrogen functional groups attached to an aromatic ring is 1. The van der Waals surface area contributed by atoms with Crippen molar-refractivity contribution in [3.05, 3.63) is 16.0 Å². The molecule has 21 heavy (non-hydrogen) atoms. The Bertz CT molecular complexity index is 519.